The summed E-state index contributed by atoms with van der Waals surface area (Å²) < 4.78 is 19.9. The number of phenols is 1. The van der Waals surface area contributed by atoms with Crippen LogP contribution < -0.4 is 15.0 Å². The van der Waals surface area contributed by atoms with Crippen molar-refractivity contribution in [3.63, 3.8) is 0 Å². The molecule has 2 N–H and O–H groups in total. The zero-order chi connectivity index (χ0) is 38.1. The van der Waals surface area contributed by atoms with Crippen LogP contribution >= 0.6 is 0 Å². The Balaban J connectivity index is 0.786. The van der Waals surface area contributed by atoms with E-state index in [9.17, 15) is 23.9 Å². The van der Waals surface area contributed by atoms with Gasteiger partial charge in [0, 0.05) is 44.0 Å². The van der Waals surface area contributed by atoms with E-state index in [1.54, 1.807) is 6.07 Å². The second-order valence-electron chi connectivity index (χ2n) is 14.9. The van der Waals surface area contributed by atoms with Crippen molar-refractivity contribution in [1.29, 1.82) is 0 Å². The van der Waals surface area contributed by atoms with Crippen molar-refractivity contribution < 1.29 is 28.6 Å². The lowest BCUT2D eigenvalue weighted by Gasteiger charge is -2.35. The summed E-state index contributed by atoms with van der Waals surface area (Å²) in [6, 6.07) is 20.0. The first-order valence-electron chi connectivity index (χ1n) is 19.2. The molecular weight excluding hydrogens is 700 g/mol. The molecule has 4 heterocycles. The van der Waals surface area contributed by atoms with E-state index in [1.165, 1.54) is 29.5 Å². The minimum Gasteiger partial charge on any atom is -0.508 e. The van der Waals surface area contributed by atoms with Gasteiger partial charge in [0.1, 0.15) is 29.1 Å². The Kier molecular flexibility index (Phi) is 10.3. The fourth-order valence-electron chi connectivity index (χ4n) is 8.51. The van der Waals surface area contributed by atoms with E-state index in [0.29, 0.717) is 44.2 Å². The number of phenolic OH excluding ortho intramolecular Hbond substituents is 1. The lowest BCUT2D eigenvalue weighted by atomic mass is 9.69. The standard InChI is InChI=1S/C43H45FN6O5/c1-27-5-18-37(40(52)46-27)50-41(53)36-26-45-43(47-39(36)42(50)54)49-22-20-48(21-23-49)19-3-2-4-24-55-33-14-8-29(9-15-33)38-34(28-6-11-31(44)12-7-28)16-10-30-25-32(51)13-17-35(30)38/h6-9,11-15,17,25-26,34,37-38,51H,1-5,10,16,18-24H2,(H,46,52)/t34-,37?,38+/m1/s1. The van der Waals surface area contributed by atoms with E-state index < -0.39 is 23.8 Å². The molecule has 1 aromatic heterocycles. The number of fused-ring (bicyclic) bond motifs is 2. The smallest absolute Gasteiger partial charge is 0.281 e. The Morgan fingerprint density at radius 1 is 0.873 bits per heavy atom. The van der Waals surface area contributed by atoms with Gasteiger partial charge < -0.3 is 20.1 Å². The van der Waals surface area contributed by atoms with Gasteiger partial charge in [0.05, 0.1) is 12.2 Å². The number of ether oxygens (including phenoxy) is 1. The van der Waals surface area contributed by atoms with E-state index in [0.717, 1.165) is 73.5 Å². The number of carbonyl (C=O) groups is 3. The summed E-state index contributed by atoms with van der Waals surface area (Å²) in [6.45, 7) is 8.46. The number of piperazine rings is 1. The van der Waals surface area contributed by atoms with Gasteiger partial charge in [0.25, 0.3) is 11.8 Å². The number of nitrogens with one attached hydrogen (secondary N) is 1. The third-order valence-electron chi connectivity index (χ3n) is 11.4. The number of nitrogens with zero attached hydrogens (tertiary/aromatic N) is 5. The Hall–Kier alpha value is -5.62. The molecule has 4 aliphatic rings. The molecule has 3 atom stereocenters. The Morgan fingerprint density at radius 2 is 1.64 bits per heavy atom. The molecule has 55 heavy (non-hydrogen) atoms. The number of aryl methyl sites for hydroxylation is 1. The number of anilines is 1. The largest absolute Gasteiger partial charge is 0.508 e. The van der Waals surface area contributed by atoms with E-state index >= 15 is 0 Å². The number of imide groups is 1. The molecule has 0 bridgehead atoms. The Morgan fingerprint density at radius 3 is 2.40 bits per heavy atom. The van der Waals surface area contributed by atoms with Crippen LogP contribution in [-0.4, -0.2) is 88.0 Å². The molecule has 1 aliphatic carbocycles. The van der Waals surface area contributed by atoms with Crippen molar-refractivity contribution in [1.82, 2.24) is 25.1 Å². The highest BCUT2D eigenvalue weighted by Crippen LogP contribution is 2.47. The maximum Gasteiger partial charge on any atom is 0.281 e. The second kappa shape index (κ2) is 15.6. The number of aromatic hydroxyl groups is 1. The normalized spacial score (nSPS) is 21.4. The number of allylic oxidation sites excluding steroid dienone is 1. The number of unbranched alkanes of at least 4 members (excludes halogenated alkanes) is 2. The number of hydrogen-bond donors (Lipinski definition) is 2. The van der Waals surface area contributed by atoms with E-state index in [-0.39, 0.29) is 34.7 Å². The molecule has 3 amide bonds. The zero-order valence-corrected chi connectivity index (χ0v) is 30.8. The number of halogens is 1. The van der Waals surface area contributed by atoms with Crippen molar-refractivity contribution in [2.75, 3.05) is 44.2 Å². The van der Waals surface area contributed by atoms with Gasteiger partial charge in [-0.2, -0.15) is 0 Å². The molecule has 3 aromatic carbocycles. The average Bonchev–Trinajstić information content (AvgIpc) is 3.44. The van der Waals surface area contributed by atoms with Crippen LogP contribution in [0.5, 0.6) is 11.5 Å². The van der Waals surface area contributed by atoms with Gasteiger partial charge in [-0.3, -0.25) is 24.2 Å². The number of piperidine rings is 1. The van der Waals surface area contributed by atoms with Gasteiger partial charge >= 0.3 is 0 Å². The molecule has 1 unspecified atom stereocenters. The van der Waals surface area contributed by atoms with Crippen LogP contribution in [0.3, 0.4) is 0 Å². The number of amides is 3. The Bertz CT molecular complexity index is 2100. The minimum atomic E-state index is -0.877. The summed E-state index contributed by atoms with van der Waals surface area (Å²) >= 11 is 0. The minimum absolute atomic E-state index is 0.0557. The molecule has 0 spiro atoms. The molecule has 0 saturated carbocycles. The highest BCUT2D eigenvalue weighted by atomic mass is 19.1. The van der Waals surface area contributed by atoms with Crippen LogP contribution in [0.15, 0.2) is 85.2 Å². The van der Waals surface area contributed by atoms with Gasteiger partial charge in [0.2, 0.25) is 11.9 Å². The molecule has 3 aliphatic heterocycles. The maximum atomic E-state index is 13.8. The molecule has 12 heteroatoms. The second-order valence-corrected chi connectivity index (χ2v) is 14.9. The molecule has 284 valence electrons. The van der Waals surface area contributed by atoms with Gasteiger partial charge in [0.15, 0.2) is 0 Å². The lowest BCUT2D eigenvalue weighted by molar-refractivity contribution is -0.125. The number of carbonyl (C=O) groups excluding carboxylic acids is 3. The third-order valence-corrected chi connectivity index (χ3v) is 11.4. The van der Waals surface area contributed by atoms with E-state index in [1.807, 2.05) is 41.3 Å². The summed E-state index contributed by atoms with van der Waals surface area (Å²) in [4.78, 5) is 53.2. The van der Waals surface area contributed by atoms with Crippen LogP contribution in [0.1, 0.15) is 93.5 Å². The quantitative estimate of drug-likeness (QED) is 0.142. The molecular formula is C43H45FN6O5. The number of benzene rings is 3. The Labute approximate surface area is 319 Å². The highest BCUT2D eigenvalue weighted by molar-refractivity contribution is 6.22. The van der Waals surface area contributed by atoms with Crippen LogP contribution in [0, 0.1) is 5.82 Å². The maximum absolute atomic E-state index is 13.8. The monoisotopic (exact) mass is 744 g/mol. The van der Waals surface area contributed by atoms with Crippen LogP contribution in [0.25, 0.3) is 0 Å². The van der Waals surface area contributed by atoms with Crippen LogP contribution in [0.4, 0.5) is 10.3 Å². The lowest BCUT2D eigenvalue weighted by Crippen LogP contribution is -2.51. The summed E-state index contributed by atoms with van der Waals surface area (Å²) in [5.41, 5.74) is 5.41. The molecule has 8 rings (SSSR count). The average molecular weight is 745 g/mol. The van der Waals surface area contributed by atoms with Crippen LogP contribution in [0.2, 0.25) is 0 Å². The predicted molar refractivity (Wildman–Crippen MR) is 205 cm³/mol. The van der Waals surface area contributed by atoms with Gasteiger partial charge in [-0.25, -0.2) is 14.4 Å². The molecule has 2 saturated heterocycles. The van der Waals surface area contributed by atoms with Crippen molar-refractivity contribution in [3.8, 4) is 11.5 Å². The first kappa shape index (κ1) is 36.4. The highest BCUT2D eigenvalue weighted by Gasteiger charge is 2.45. The van der Waals surface area contributed by atoms with Crippen molar-refractivity contribution in [2.24, 2.45) is 0 Å². The zero-order valence-electron chi connectivity index (χ0n) is 30.8. The molecule has 11 nitrogen and oxygen atoms in total. The van der Waals surface area contributed by atoms with E-state index in [2.05, 4.69) is 38.9 Å². The van der Waals surface area contributed by atoms with Crippen molar-refractivity contribution in [3.05, 3.63) is 125 Å². The van der Waals surface area contributed by atoms with Crippen molar-refractivity contribution in [2.45, 2.75) is 62.8 Å². The third kappa shape index (κ3) is 7.55. The SMILES string of the molecule is C=C1CCC(N2C(=O)c3cnc(N4CCN(CCCCCOc5ccc([C@@H]6c7ccc(O)cc7CC[C@@H]6c6ccc(F)cc6)cc5)CC4)nc3C2=O)C(=O)N1. The molecule has 4 aromatic rings. The fourth-order valence-corrected chi connectivity index (χ4v) is 8.51. The van der Waals surface area contributed by atoms with Gasteiger partial charge in [-0.05, 0) is 116 Å². The summed E-state index contributed by atoms with van der Waals surface area (Å²) in [6.07, 6.45) is 7.05. The summed E-state index contributed by atoms with van der Waals surface area (Å²) in [5, 5.41) is 12.8. The molecule has 0 radical (unpaired) electrons. The number of aromatic nitrogens is 2. The number of rotatable bonds is 11. The topological polar surface area (TPSA) is 128 Å². The molecule has 2 fully saturated rings. The predicted octanol–water partition coefficient (Wildman–Crippen LogP) is 5.94. The summed E-state index contributed by atoms with van der Waals surface area (Å²) in [5.74, 6) is 0.0865. The fraction of sp³-hybridized carbons (Fsp3) is 0.372. The van der Waals surface area contributed by atoms with E-state index in [4.69, 9.17) is 4.74 Å². The van der Waals surface area contributed by atoms with Gasteiger partial charge in [-0.1, -0.05) is 36.9 Å². The first-order valence-corrected chi connectivity index (χ1v) is 19.2. The first-order chi connectivity index (χ1) is 26.7. The van der Waals surface area contributed by atoms with Gasteiger partial charge in [-0.15, -0.1) is 0 Å². The summed E-state index contributed by atoms with van der Waals surface area (Å²) in [7, 11) is 0. The van der Waals surface area contributed by atoms with Crippen LogP contribution in [-0.2, 0) is 11.2 Å². The van der Waals surface area contributed by atoms with Crippen molar-refractivity contribution >= 4 is 23.7 Å². The number of hydrogen-bond acceptors (Lipinski definition) is 9.